The fourth-order valence-corrected chi connectivity index (χ4v) is 6.08. The van der Waals surface area contributed by atoms with Gasteiger partial charge >= 0.3 is 0 Å². The topological polar surface area (TPSA) is 74.3 Å². The highest BCUT2D eigenvalue weighted by atomic mass is 32.2. The number of nitrogens with one attached hydrogen (secondary N) is 2. The molecule has 1 aromatic heterocycles. The van der Waals surface area contributed by atoms with Gasteiger partial charge in [0.1, 0.15) is 5.82 Å². The Morgan fingerprint density at radius 2 is 2.06 bits per heavy atom. The summed E-state index contributed by atoms with van der Waals surface area (Å²) in [7, 11) is -3.44. The van der Waals surface area contributed by atoms with Crippen molar-refractivity contribution in [2.75, 3.05) is 11.6 Å². The average molecular weight is 453 g/mol. The number of hydrazine groups is 1. The van der Waals surface area contributed by atoms with Crippen LogP contribution in [0.4, 0.5) is 10.1 Å². The molecule has 0 fully saturated rings. The molecule has 6 nitrogen and oxygen atoms in total. The summed E-state index contributed by atoms with van der Waals surface area (Å²) in [4.78, 5) is 3.99. The van der Waals surface area contributed by atoms with Crippen LogP contribution in [0.2, 0.25) is 0 Å². The van der Waals surface area contributed by atoms with Crippen molar-refractivity contribution >= 4 is 15.7 Å². The number of pyridine rings is 1. The third kappa shape index (κ3) is 3.96. The number of nitrogens with zero attached hydrogens (tertiary/aromatic N) is 2. The van der Waals surface area contributed by atoms with Crippen molar-refractivity contribution in [2.24, 2.45) is 11.8 Å². The molecule has 166 valence electrons. The van der Waals surface area contributed by atoms with Gasteiger partial charge in [-0.15, -0.1) is 0 Å². The Labute approximate surface area is 187 Å². The van der Waals surface area contributed by atoms with Crippen molar-refractivity contribution in [1.82, 2.24) is 15.1 Å². The molecule has 1 aliphatic heterocycles. The van der Waals surface area contributed by atoms with E-state index in [1.54, 1.807) is 36.7 Å². The van der Waals surface area contributed by atoms with Crippen LogP contribution in [0, 0.1) is 17.7 Å². The Kier molecular flexibility index (Phi) is 5.35. The Morgan fingerprint density at radius 1 is 1.25 bits per heavy atom. The summed E-state index contributed by atoms with van der Waals surface area (Å²) in [6.07, 6.45) is 9.23. The van der Waals surface area contributed by atoms with E-state index < -0.39 is 10.0 Å². The summed E-state index contributed by atoms with van der Waals surface area (Å²) < 4.78 is 41.3. The van der Waals surface area contributed by atoms with Crippen LogP contribution in [0.25, 0.3) is 0 Å². The molecule has 2 N–H and O–H groups in total. The number of sulfonamides is 1. The molecule has 2 aromatic rings. The molecule has 3 aliphatic rings. The van der Waals surface area contributed by atoms with E-state index in [4.69, 9.17) is 0 Å². The van der Waals surface area contributed by atoms with Crippen LogP contribution in [-0.4, -0.2) is 19.9 Å². The second-order valence-electron chi connectivity index (χ2n) is 8.48. The lowest BCUT2D eigenvalue weighted by Gasteiger charge is -2.30. The van der Waals surface area contributed by atoms with E-state index in [9.17, 15) is 12.8 Å². The van der Waals surface area contributed by atoms with E-state index in [0.29, 0.717) is 12.1 Å². The molecule has 5 rings (SSSR count). The second-order valence-corrected chi connectivity index (χ2v) is 10.3. The zero-order valence-corrected chi connectivity index (χ0v) is 18.6. The standard InChI is InChI=1S/C24H25FN4O2S/c1-16-22-14-27-29(21-8-6-20(25)7-9-21)23(22)11-18-4-5-19(24(16)18)13-28-32(30,31)15-17-3-2-10-26-12-17/h2-3,6-12,14,16,19,27-28H,4-5,13,15H2,1H3/t16-,19+/m0/s1. The van der Waals surface area contributed by atoms with E-state index in [0.717, 1.165) is 29.8 Å². The van der Waals surface area contributed by atoms with Crippen LogP contribution < -0.4 is 15.2 Å². The van der Waals surface area contributed by atoms with Crippen LogP contribution in [0.15, 0.2) is 83.5 Å². The highest BCUT2D eigenvalue weighted by Gasteiger charge is 2.38. The largest absolute Gasteiger partial charge is 0.301 e. The van der Waals surface area contributed by atoms with E-state index in [1.165, 1.54) is 23.3 Å². The average Bonchev–Trinajstić information content (AvgIpc) is 3.38. The molecule has 1 aromatic carbocycles. The van der Waals surface area contributed by atoms with Crippen LogP contribution in [0.1, 0.15) is 25.3 Å². The lowest BCUT2D eigenvalue weighted by molar-refractivity contribution is 0.527. The third-order valence-corrected chi connectivity index (χ3v) is 7.74. The number of hydrogen-bond acceptors (Lipinski definition) is 5. The first-order valence-electron chi connectivity index (χ1n) is 10.7. The molecule has 0 radical (unpaired) electrons. The number of anilines is 1. The van der Waals surface area contributed by atoms with Crippen LogP contribution in [-0.2, 0) is 15.8 Å². The summed E-state index contributed by atoms with van der Waals surface area (Å²) in [6.45, 7) is 2.57. The molecular formula is C24H25FN4O2S. The van der Waals surface area contributed by atoms with Gasteiger partial charge in [-0.25, -0.2) is 17.5 Å². The van der Waals surface area contributed by atoms with Crippen molar-refractivity contribution in [3.8, 4) is 0 Å². The van der Waals surface area contributed by atoms with Gasteiger partial charge in [0, 0.05) is 36.6 Å². The molecule has 0 unspecified atom stereocenters. The van der Waals surface area contributed by atoms with Crippen LogP contribution in [0.5, 0.6) is 0 Å². The Hall–Kier alpha value is -2.97. The van der Waals surface area contributed by atoms with Crippen molar-refractivity contribution in [2.45, 2.75) is 25.5 Å². The summed E-state index contributed by atoms with van der Waals surface area (Å²) in [6, 6.07) is 9.92. The Bertz CT molecular complexity index is 1220. The van der Waals surface area contributed by atoms with Gasteiger partial charge in [-0.3, -0.25) is 9.99 Å². The fourth-order valence-electron chi connectivity index (χ4n) is 4.91. The molecule has 0 saturated heterocycles. The monoisotopic (exact) mass is 452 g/mol. The predicted octanol–water partition coefficient (Wildman–Crippen LogP) is 3.79. The minimum Gasteiger partial charge on any atom is -0.301 e. The van der Waals surface area contributed by atoms with Crippen molar-refractivity contribution in [3.63, 3.8) is 0 Å². The van der Waals surface area contributed by atoms with Crippen LogP contribution >= 0.6 is 0 Å². The molecule has 2 atom stereocenters. The summed E-state index contributed by atoms with van der Waals surface area (Å²) in [5, 5.41) is 1.97. The summed E-state index contributed by atoms with van der Waals surface area (Å²) in [5.74, 6) is 0.0167. The number of aromatic nitrogens is 1. The minimum absolute atomic E-state index is 0.0687. The maximum atomic E-state index is 13.3. The molecule has 0 amide bonds. The SMILES string of the molecule is C[C@H]1C2=CNN(c3ccc(F)cc3)C2=CC2=C1[C@@H](CNS(=O)(=O)Cc1cccnc1)CC2. The number of fused-ring (bicyclic) bond motifs is 1. The number of halogens is 1. The highest BCUT2D eigenvalue weighted by Crippen LogP contribution is 2.47. The van der Waals surface area contributed by atoms with Gasteiger partial charge in [-0.1, -0.05) is 18.6 Å². The van der Waals surface area contributed by atoms with Crippen molar-refractivity contribution in [1.29, 1.82) is 0 Å². The van der Waals surface area contributed by atoms with E-state index in [1.807, 2.05) is 11.2 Å². The smallest absolute Gasteiger partial charge is 0.215 e. The molecule has 0 bridgehead atoms. The highest BCUT2D eigenvalue weighted by molar-refractivity contribution is 7.88. The number of hydrogen-bond donors (Lipinski definition) is 2. The lowest BCUT2D eigenvalue weighted by atomic mass is 9.80. The number of benzene rings is 1. The lowest BCUT2D eigenvalue weighted by Crippen LogP contribution is -2.32. The second kappa shape index (κ2) is 8.18. The van der Waals surface area contributed by atoms with E-state index >= 15 is 0 Å². The van der Waals surface area contributed by atoms with Gasteiger partial charge in [0.25, 0.3) is 0 Å². The third-order valence-electron chi connectivity index (χ3n) is 6.42. The first-order valence-corrected chi connectivity index (χ1v) is 12.4. The first kappa shape index (κ1) is 20.9. The fraction of sp³-hybridized carbons (Fsp3) is 0.292. The molecular weight excluding hydrogens is 427 g/mol. The van der Waals surface area contributed by atoms with E-state index in [-0.39, 0.29) is 23.4 Å². The molecule has 32 heavy (non-hydrogen) atoms. The Balaban J connectivity index is 1.33. The first-order chi connectivity index (χ1) is 15.4. The van der Waals surface area contributed by atoms with Gasteiger partial charge < -0.3 is 5.43 Å². The van der Waals surface area contributed by atoms with Gasteiger partial charge in [0.15, 0.2) is 0 Å². The molecule has 8 heteroatoms. The predicted molar refractivity (Wildman–Crippen MR) is 122 cm³/mol. The molecule has 0 saturated carbocycles. The normalized spacial score (nSPS) is 22.2. The summed E-state index contributed by atoms with van der Waals surface area (Å²) in [5.41, 5.74) is 9.66. The molecule has 0 spiro atoms. The van der Waals surface area contributed by atoms with Gasteiger partial charge in [0.2, 0.25) is 10.0 Å². The maximum Gasteiger partial charge on any atom is 0.215 e. The zero-order chi connectivity index (χ0) is 22.3. The maximum absolute atomic E-state index is 13.3. The van der Waals surface area contributed by atoms with Gasteiger partial charge in [-0.2, -0.15) is 0 Å². The number of allylic oxidation sites excluding steroid dienone is 3. The Morgan fingerprint density at radius 3 is 2.81 bits per heavy atom. The van der Waals surface area contributed by atoms with Crippen LogP contribution in [0.3, 0.4) is 0 Å². The van der Waals surface area contributed by atoms with Gasteiger partial charge in [0.05, 0.1) is 17.1 Å². The van der Waals surface area contributed by atoms with Gasteiger partial charge in [-0.05, 0) is 66.3 Å². The zero-order valence-electron chi connectivity index (χ0n) is 17.8. The van der Waals surface area contributed by atoms with E-state index in [2.05, 4.69) is 28.1 Å². The van der Waals surface area contributed by atoms with Crippen molar-refractivity contribution in [3.05, 3.63) is 94.9 Å². The quantitative estimate of drug-likeness (QED) is 0.698. The van der Waals surface area contributed by atoms with Crippen molar-refractivity contribution < 1.29 is 12.8 Å². The minimum atomic E-state index is -3.44. The number of rotatable bonds is 6. The molecule has 2 heterocycles. The summed E-state index contributed by atoms with van der Waals surface area (Å²) >= 11 is 0. The molecule has 2 aliphatic carbocycles.